The number of anilines is 1. The first-order valence-electron chi connectivity index (χ1n) is 8.87. The van der Waals surface area contributed by atoms with Crippen molar-refractivity contribution in [1.29, 1.82) is 0 Å². The van der Waals surface area contributed by atoms with Crippen LogP contribution in [0.5, 0.6) is 0 Å². The molecular weight excluding hydrogens is 302 g/mol. The van der Waals surface area contributed by atoms with E-state index < -0.39 is 0 Å². The first-order chi connectivity index (χ1) is 11.4. The summed E-state index contributed by atoms with van der Waals surface area (Å²) >= 11 is 0. The Morgan fingerprint density at radius 2 is 1.88 bits per heavy atom. The van der Waals surface area contributed by atoms with Crippen molar-refractivity contribution in [3.05, 3.63) is 29.8 Å². The van der Waals surface area contributed by atoms with Gasteiger partial charge in [-0.3, -0.25) is 14.5 Å². The molecule has 132 valence electrons. The molecule has 1 saturated heterocycles. The van der Waals surface area contributed by atoms with Gasteiger partial charge in [0.05, 0.1) is 6.04 Å². The molecule has 1 fully saturated rings. The van der Waals surface area contributed by atoms with Gasteiger partial charge in [0.25, 0.3) is 0 Å². The molecule has 2 amide bonds. The third-order valence-electron chi connectivity index (χ3n) is 5.22. The van der Waals surface area contributed by atoms with Gasteiger partial charge < -0.3 is 11.1 Å². The quantitative estimate of drug-likeness (QED) is 0.841. The number of benzene rings is 1. The largest absolute Gasteiger partial charge is 0.369 e. The minimum absolute atomic E-state index is 0.00304. The van der Waals surface area contributed by atoms with Gasteiger partial charge in [-0.15, -0.1) is 0 Å². The predicted octanol–water partition coefficient (Wildman–Crippen LogP) is 2.72. The molecule has 5 nitrogen and oxygen atoms in total. The van der Waals surface area contributed by atoms with Gasteiger partial charge in [0.1, 0.15) is 0 Å². The minimum Gasteiger partial charge on any atom is -0.369 e. The lowest BCUT2D eigenvalue weighted by Gasteiger charge is -2.34. The van der Waals surface area contributed by atoms with Crippen LogP contribution in [0, 0.1) is 5.92 Å². The van der Waals surface area contributed by atoms with Gasteiger partial charge in [0, 0.05) is 11.6 Å². The Hall–Kier alpha value is -1.88. The average molecular weight is 331 g/mol. The Morgan fingerprint density at radius 3 is 2.46 bits per heavy atom. The number of amides is 2. The van der Waals surface area contributed by atoms with E-state index in [0.717, 1.165) is 38.0 Å². The van der Waals surface area contributed by atoms with E-state index in [9.17, 15) is 9.59 Å². The Kier molecular flexibility index (Phi) is 6.37. The van der Waals surface area contributed by atoms with E-state index in [1.165, 1.54) is 5.56 Å². The van der Waals surface area contributed by atoms with Crippen molar-refractivity contribution in [3.8, 4) is 0 Å². The summed E-state index contributed by atoms with van der Waals surface area (Å²) in [6.45, 7) is 7.70. The molecule has 0 saturated carbocycles. The molecular formula is C19H29N3O2. The number of carbonyl (C=O) groups is 2. The van der Waals surface area contributed by atoms with Gasteiger partial charge in [-0.05, 0) is 56.8 Å². The molecule has 0 aromatic heterocycles. The molecule has 0 aliphatic carbocycles. The monoisotopic (exact) mass is 331 g/mol. The highest BCUT2D eigenvalue weighted by Gasteiger charge is 2.29. The topological polar surface area (TPSA) is 75.4 Å². The van der Waals surface area contributed by atoms with Crippen molar-refractivity contribution in [3.63, 3.8) is 0 Å². The highest BCUT2D eigenvalue weighted by Crippen LogP contribution is 2.27. The summed E-state index contributed by atoms with van der Waals surface area (Å²) in [5.74, 6) is 0.128. The summed E-state index contributed by atoms with van der Waals surface area (Å²) in [7, 11) is 0. The lowest BCUT2D eigenvalue weighted by molar-refractivity contribution is -0.124. The highest BCUT2D eigenvalue weighted by atomic mass is 16.2. The van der Waals surface area contributed by atoms with Gasteiger partial charge in [-0.25, -0.2) is 0 Å². The van der Waals surface area contributed by atoms with Crippen LogP contribution in [-0.4, -0.2) is 35.8 Å². The van der Waals surface area contributed by atoms with E-state index in [-0.39, 0.29) is 23.8 Å². The number of likely N-dealkylation sites (tertiary alicyclic amines) is 1. The molecule has 2 atom stereocenters. The molecule has 5 heteroatoms. The van der Waals surface area contributed by atoms with Crippen LogP contribution in [0.3, 0.4) is 0 Å². The summed E-state index contributed by atoms with van der Waals surface area (Å²) in [6, 6.07) is 7.78. The number of hydrogen-bond donors (Lipinski definition) is 2. The van der Waals surface area contributed by atoms with Gasteiger partial charge in [0.2, 0.25) is 11.8 Å². The fraction of sp³-hybridized carbons (Fsp3) is 0.579. The summed E-state index contributed by atoms with van der Waals surface area (Å²) in [4.78, 5) is 26.0. The molecule has 1 aliphatic rings. The number of nitrogens with zero attached hydrogens (tertiary/aromatic N) is 1. The van der Waals surface area contributed by atoms with Gasteiger partial charge in [-0.1, -0.05) is 32.0 Å². The highest BCUT2D eigenvalue weighted by molar-refractivity contribution is 5.95. The number of nitrogens with one attached hydrogen (secondary N) is 1. The van der Waals surface area contributed by atoms with E-state index in [2.05, 4.69) is 30.1 Å². The zero-order valence-electron chi connectivity index (χ0n) is 14.9. The van der Waals surface area contributed by atoms with Gasteiger partial charge in [0.15, 0.2) is 0 Å². The maximum atomic E-state index is 12.6. The second-order valence-electron chi connectivity index (χ2n) is 6.77. The van der Waals surface area contributed by atoms with E-state index in [1.807, 2.05) is 25.1 Å². The van der Waals surface area contributed by atoms with Gasteiger partial charge in [-0.2, -0.15) is 0 Å². The van der Waals surface area contributed by atoms with Gasteiger partial charge >= 0.3 is 0 Å². The van der Waals surface area contributed by atoms with Crippen LogP contribution in [-0.2, 0) is 9.59 Å². The predicted molar refractivity (Wildman–Crippen MR) is 96.7 cm³/mol. The average Bonchev–Trinajstić information content (AvgIpc) is 2.60. The molecule has 0 spiro atoms. The standard InChI is InChI=1S/C19H29N3O2/c1-4-13(2)16-7-5-6-8-17(16)21-19(24)14(3)22-11-9-15(10-12-22)18(20)23/h5-8,13-15H,4,9-12H2,1-3H3,(H2,20,23)(H,21,24)/t13-,14+/m0/s1. The van der Waals surface area contributed by atoms with Crippen molar-refractivity contribution in [2.45, 2.75) is 52.0 Å². The molecule has 0 bridgehead atoms. The van der Waals surface area contributed by atoms with E-state index in [1.54, 1.807) is 0 Å². The first-order valence-corrected chi connectivity index (χ1v) is 8.87. The zero-order chi connectivity index (χ0) is 17.7. The summed E-state index contributed by atoms with van der Waals surface area (Å²) in [5.41, 5.74) is 7.44. The van der Waals surface area contributed by atoms with Crippen LogP contribution in [0.25, 0.3) is 0 Å². The lowest BCUT2D eigenvalue weighted by atomic mass is 9.95. The zero-order valence-corrected chi connectivity index (χ0v) is 14.9. The minimum atomic E-state index is -0.228. The van der Waals surface area contributed by atoms with Crippen LogP contribution < -0.4 is 11.1 Å². The second-order valence-corrected chi connectivity index (χ2v) is 6.77. The van der Waals surface area contributed by atoms with Crippen LogP contribution in [0.1, 0.15) is 51.5 Å². The molecule has 1 heterocycles. The maximum absolute atomic E-state index is 12.6. The lowest BCUT2D eigenvalue weighted by Crippen LogP contribution is -2.47. The SMILES string of the molecule is CC[C@H](C)c1ccccc1NC(=O)[C@@H](C)N1CCC(C(N)=O)CC1. The van der Waals surface area contributed by atoms with E-state index in [4.69, 9.17) is 5.73 Å². The van der Waals surface area contributed by atoms with Crippen LogP contribution in [0.15, 0.2) is 24.3 Å². The first kappa shape index (κ1) is 18.5. The number of hydrogen-bond acceptors (Lipinski definition) is 3. The molecule has 0 radical (unpaired) electrons. The number of nitrogens with two attached hydrogens (primary N) is 1. The van der Waals surface area contributed by atoms with Crippen molar-refractivity contribution in [2.75, 3.05) is 18.4 Å². The fourth-order valence-electron chi connectivity index (χ4n) is 3.23. The molecule has 2 rings (SSSR count). The van der Waals surface area contributed by atoms with Crippen molar-refractivity contribution < 1.29 is 9.59 Å². The smallest absolute Gasteiger partial charge is 0.241 e. The Labute approximate surface area is 144 Å². The number of para-hydroxylation sites is 1. The van der Waals surface area contributed by atoms with E-state index in [0.29, 0.717) is 5.92 Å². The fourth-order valence-corrected chi connectivity index (χ4v) is 3.23. The third-order valence-corrected chi connectivity index (χ3v) is 5.22. The molecule has 3 N–H and O–H groups in total. The molecule has 0 unspecified atom stereocenters. The Morgan fingerprint density at radius 1 is 1.25 bits per heavy atom. The normalized spacial score (nSPS) is 18.8. The van der Waals surface area contributed by atoms with Crippen LogP contribution in [0.4, 0.5) is 5.69 Å². The number of primary amides is 1. The Bertz CT molecular complexity index is 580. The third kappa shape index (κ3) is 4.35. The summed E-state index contributed by atoms with van der Waals surface area (Å²) < 4.78 is 0. The van der Waals surface area contributed by atoms with Crippen molar-refractivity contribution in [2.24, 2.45) is 11.7 Å². The van der Waals surface area contributed by atoms with E-state index >= 15 is 0 Å². The number of piperidine rings is 1. The number of carbonyl (C=O) groups excluding carboxylic acids is 2. The van der Waals surface area contributed by atoms with Crippen molar-refractivity contribution in [1.82, 2.24) is 4.90 Å². The molecule has 1 aromatic rings. The molecule has 24 heavy (non-hydrogen) atoms. The summed E-state index contributed by atoms with van der Waals surface area (Å²) in [6.07, 6.45) is 2.50. The summed E-state index contributed by atoms with van der Waals surface area (Å²) in [5, 5.41) is 3.08. The maximum Gasteiger partial charge on any atom is 0.241 e. The molecule has 1 aromatic carbocycles. The molecule has 1 aliphatic heterocycles. The second kappa shape index (κ2) is 8.29. The van der Waals surface area contributed by atoms with Crippen LogP contribution in [0.2, 0.25) is 0 Å². The Balaban J connectivity index is 1.99. The number of rotatable bonds is 6. The van der Waals surface area contributed by atoms with Crippen molar-refractivity contribution >= 4 is 17.5 Å². The van der Waals surface area contributed by atoms with Crippen LogP contribution >= 0.6 is 0 Å².